The Morgan fingerprint density at radius 3 is 2.62 bits per heavy atom. The highest BCUT2D eigenvalue weighted by atomic mass is 79.9. The molecule has 6 nitrogen and oxygen atoms in total. The Labute approximate surface area is 175 Å². The molecule has 0 radical (unpaired) electrons. The van der Waals surface area contributed by atoms with Gasteiger partial charge in [0.15, 0.2) is 11.5 Å². The third kappa shape index (κ3) is 3.07. The van der Waals surface area contributed by atoms with Gasteiger partial charge in [-0.3, -0.25) is 9.69 Å². The van der Waals surface area contributed by atoms with Crippen molar-refractivity contribution in [1.29, 1.82) is 0 Å². The van der Waals surface area contributed by atoms with Crippen molar-refractivity contribution in [3.8, 4) is 17.2 Å². The molecule has 2 N–H and O–H groups in total. The van der Waals surface area contributed by atoms with Gasteiger partial charge in [-0.25, -0.2) is 0 Å². The summed E-state index contributed by atoms with van der Waals surface area (Å²) in [5.41, 5.74) is 2.87. The van der Waals surface area contributed by atoms with Crippen molar-refractivity contribution in [2.75, 3.05) is 23.4 Å². The average molecular weight is 453 g/mol. The van der Waals surface area contributed by atoms with E-state index in [4.69, 9.17) is 9.47 Å². The third-order valence-corrected chi connectivity index (χ3v) is 5.65. The quantitative estimate of drug-likeness (QED) is 0.589. The van der Waals surface area contributed by atoms with Crippen LogP contribution in [0.15, 0.2) is 65.1 Å². The van der Waals surface area contributed by atoms with E-state index in [0.717, 1.165) is 11.3 Å². The highest BCUT2D eigenvalue weighted by Gasteiger charge is 2.35. The lowest BCUT2D eigenvalue weighted by atomic mass is 10.0. The van der Waals surface area contributed by atoms with Crippen LogP contribution in [0.4, 0.5) is 11.4 Å². The van der Waals surface area contributed by atoms with Crippen molar-refractivity contribution < 1.29 is 19.4 Å². The Morgan fingerprint density at radius 1 is 1.00 bits per heavy atom. The van der Waals surface area contributed by atoms with Crippen molar-refractivity contribution >= 4 is 33.2 Å². The number of hydrogen-bond donors (Lipinski definition) is 2. The molecular formula is C22H17BrN2O4. The molecule has 3 aromatic rings. The molecule has 29 heavy (non-hydrogen) atoms. The maximum Gasteiger partial charge on any atom is 0.262 e. The number of carbonyl (C=O) groups is 1. The zero-order chi connectivity index (χ0) is 20.0. The molecule has 2 heterocycles. The summed E-state index contributed by atoms with van der Waals surface area (Å²) >= 11 is 3.37. The lowest BCUT2D eigenvalue weighted by Crippen LogP contribution is -2.43. The second kappa shape index (κ2) is 7.00. The zero-order valence-corrected chi connectivity index (χ0v) is 16.8. The van der Waals surface area contributed by atoms with E-state index in [2.05, 4.69) is 21.2 Å². The molecule has 3 aromatic carbocycles. The molecule has 2 aliphatic rings. The van der Waals surface area contributed by atoms with Gasteiger partial charge in [-0.05, 0) is 57.9 Å². The summed E-state index contributed by atoms with van der Waals surface area (Å²) in [6.07, 6.45) is -0.461. The van der Waals surface area contributed by atoms with E-state index >= 15 is 0 Å². The second-order valence-electron chi connectivity index (χ2n) is 6.81. The lowest BCUT2D eigenvalue weighted by molar-refractivity contribution is 0.0974. The summed E-state index contributed by atoms with van der Waals surface area (Å²) in [5.74, 6) is 1.31. The van der Waals surface area contributed by atoms with Crippen LogP contribution in [0, 0.1) is 0 Å². The van der Waals surface area contributed by atoms with E-state index in [0.29, 0.717) is 40.4 Å². The summed E-state index contributed by atoms with van der Waals surface area (Å²) in [5, 5.41) is 13.3. The fraction of sp³-hybridized carbons (Fsp3) is 0.136. The molecule has 2 aliphatic heterocycles. The predicted molar refractivity (Wildman–Crippen MR) is 113 cm³/mol. The Hall–Kier alpha value is -3.19. The summed E-state index contributed by atoms with van der Waals surface area (Å²) < 4.78 is 11.9. The van der Waals surface area contributed by atoms with Gasteiger partial charge in [0.05, 0.1) is 15.7 Å². The second-order valence-corrected chi connectivity index (χ2v) is 7.66. The van der Waals surface area contributed by atoms with Crippen LogP contribution in [0.3, 0.4) is 0 Å². The van der Waals surface area contributed by atoms with Gasteiger partial charge in [0, 0.05) is 11.8 Å². The van der Waals surface area contributed by atoms with Crippen molar-refractivity contribution in [3.05, 3.63) is 76.3 Å². The molecule has 0 spiro atoms. The molecule has 0 aliphatic carbocycles. The molecule has 0 fully saturated rings. The van der Waals surface area contributed by atoms with Crippen molar-refractivity contribution in [3.63, 3.8) is 0 Å². The van der Waals surface area contributed by atoms with Crippen molar-refractivity contribution in [2.24, 2.45) is 0 Å². The minimum atomic E-state index is -0.461. The van der Waals surface area contributed by atoms with E-state index < -0.39 is 6.17 Å². The number of nitrogens with one attached hydrogen (secondary N) is 1. The number of hydrogen-bond acceptors (Lipinski definition) is 5. The smallest absolute Gasteiger partial charge is 0.262 e. The molecule has 1 atom stereocenters. The molecule has 0 saturated heterocycles. The molecular weight excluding hydrogens is 436 g/mol. The van der Waals surface area contributed by atoms with E-state index in [9.17, 15) is 9.90 Å². The van der Waals surface area contributed by atoms with Crippen LogP contribution in [0.25, 0.3) is 0 Å². The number of nitrogens with zero attached hydrogens (tertiary/aromatic N) is 1. The van der Waals surface area contributed by atoms with E-state index in [1.165, 1.54) is 0 Å². The van der Waals surface area contributed by atoms with Gasteiger partial charge in [-0.15, -0.1) is 0 Å². The van der Waals surface area contributed by atoms with Gasteiger partial charge in [0.2, 0.25) is 0 Å². The van der Waals surface area contributed by atoms with Gasteiger partial charge in [0.25, 0.3) is 5.91 Å². The van der Waals surface area contributed by atoms with E-state index in [1.54, 1.807) is 29.2 Å². The predicted octanol–water partition coefficient (Wildman–Crippen LogP) is 4.70. The molecule has 0 saturated carbocycles. The number of halogens is 1. The molecule has 146 valence electrons. The van der Waals surface area contributed by atoms with Gasteiger partial charge in [-0.2, -0.15) is 0 Å². The molecule has 0 unspecified atom stereocenters. The SMILES string of the molecule is O=C1c2ccccc2N[C@@H](c2ccc(O)c(Br)c2)N1c1ccc2c(c1)OCCO2. The Kier molecular flexibility index (Phi) is 4.32. The number of carbonyl (C=O) groups excluding carboxylic acids is 1. The van der Waals surface area contributed by atoms with Crippen molar-refractivity contribution in [1.82, 2.24) is 0 Å². The fourth-order valence-corrected chi connectivity index (χ4v) is 4.02. The van der Waals surface area contributed by atoms with Crippen LogP contribution >= 0.6 is 15.9 Å². The van der Waals surface area contributed by atoms with Crippen LogP contribution in [0.1, 0.15) is 22.1 Å². The Balaban J connectivity index is 1.64. The molecule has 1 amide bonds. The van der Waals surface area contributed by atoms with Crippen LogP contribution in [-0.4, -0.2) is 24.2 Å². The number of fused-ring (bicyclic) bond motifs is 2. The van der Waals surface area contributed by atoms with Crippen molar-refractivity contribution in [2.45, 2.75) is 6.17 Å². The standard InChI is InChI=1S/C22H17BrN2O4/c23-16-11-13(5-7-18(16)26)21-24-17-4-2-1-3-15(17)22(27)25(21)14-6-8-19-20(12-14)29-10-9-28-19/h1-8,11-12,21,24,26H,9-10H2/t21-/m1/s1. The number of amides is 1. The molecule has 5 rings (SSSR count). The van der Waals surface area contributed by atoms with Crippen LogP contribution in [0.2, 0.25) is 0 Å². The number of anilines is 2. The number of phenolic OH excluding ortho intramolecular Hbond substituents is 1. The third-order valence-electron chi connectivity index (χ3n) is 5.02. The number of rotatable bonds is 2. The number of para-hydroxylation sites is 1. The molecule has 0 aromatic heterocycles. The average Bonchev–Trinajstić information content (AvgIpc) is 2.75. The Bertz CT molecular complexity index is 1120. The fourth-order valence-electron chi connectivity index (χ4n) is 3.63. The van der Waals surface area contributed by atoms with Crippen LogP contribution < -0.4 is 19.7 Å². The number of aromatic hydroxyl groups is 1. The highest BCUT2D eigenvalue weighted by Crippen LogP contribution is 2.41. The number of ether oxygens (including phenoxy) is 2. The lowest BCUT2D eigenvalue weighted by Gasteiger charge is -2.38. The first-order chi connectivity index (χ1) is 14.1. The van der Waals surface area contributed by atoms with E-state index in [-0.39, 0.29) is 11.7 Å². The minimum absolute atomic E-state index is 0.120. The maximum absolute atomic E-state index is 13.5. The number of benzene rings is 3. The number of phenols is 1. The van der Waals surface area contributed by atoms with Gasteiger partial charge < -0.3 is 19.9 Å². The molecule has 7 heteroatoms. The Morgan fingerprint density at radius 2 is 1.79 bits per heavy atom. The monoisotopic (exact) mass is 452 g/mol. The first-order valence-corrected chi connectivity index (χ1v) is 9.98. The minimum Gasteiger partial charge on any atom is -0.507 e. The van der Waals surface area contributed by atoms with Crippen LogP contribution in [0.5, 0.6) is 17.2 Å². The summed E-state index contributed by atoms with van der Waals surface area (Å²) in [6.45, 7) is 0.980. The largest absolute Gasteiger partial charge is 0.507 e. The first kappa shape index (κ1) is 17.9. The summed E-state index contributed by atoms with van der Waals surface area (Å²) in [7, 11) is 0. The van der Waals surface area contributed by atoms with Gasteiger partial charge >= 0.3 is 0 Å². The topological polar surface area (TPSA) is 71.0 Å². The van der Waals surface area contributed by atoms with E-state index in [1.807, 2.05) is 36.4 Å². The van der Waals surface area contributed by atoms with Gasteiger partial charge in [-0.1, -0.05) is 18.2 Å². The summed E-state index contributed by atoms with van der Waals surface area (Å²) in [6, 6.07) is 18.1. The summed E-state index contributed by atoms with van der Waals surface area (Å²) in [4.78, 5) is 15.2. The maximum atomic E-state index is 13.5. The highest BCUT2D eigenvalue weighted by molar-refractivity contribution is 9.10. The molecule has 0 bridgehead atoms. The van der Waals surface area contributed by atoms with Gasteiger partial charge in [0.1, 0.15) is 25.1 Å². The first-order valence-electron chi connectivity index (χ1n) is 9.19. The normalized spacial score (nSPS) is 17.5. The van der Waals surface area contributed by atoms with Crippen LogP contribution in [-0.2, 0) is 0 Å². The zero-order valence-electron chi connectivity index (χ0n) is 15.3.